The van der Waals surface area contributed by atoms with Crippen molar-refractivity contribution >= 4 is 11.6 Å². The average Bonchev–Trinajstić information content (AvgIpc) is 2.72. The fourth-order valence-electron chi connectivity index (χ4n) is 1.77. The van der Waals surface area contributed by atoms with Crippen molar-refractivity contribution in [1.82, 2.24) is 4.57 Å². The number of hydrogen-bond acceptors (Lipinski definition) is 1. The van der Waals surface area contributed by atoms with Crippen LogP contribution < -0.4 is 5.73 Å². The molecule has 0 bridgehead atoms. The van der Waals surface area contributed by atoms with Gasteiger partial charge in [-0.25, -0.2) is 4.39 Å². The minimum atomic E-state index is -0.272. The van der Waals surface area contributed by atoms with Crippen LogP contribution >= 0.6 is 11.6 Å². The Kier molecular flexibility index (Phi) is 3.82. The van der Waals surface area contributed by atoms with E-state index in [0.717, 1.165) is 12.0 Å². The summed E-state index contributed by atoms with van der Waals surface area (Å²) in [6, 6.07) is 6.72. The lowest BCUT2D eigenvalue weighted by Crippen LogP contribution is -2.03. The molecule has 2 rings (SSSR count). The molecule has 0 unspecified atom stereocenters. The second kappa shape index (κ2) is 5.34. The maximum atomic E-state index is 13.6. The predicted octanol–water partition coefficient (Wildman–Crippen LogP) is 2.83. The van der Waals surface area contributed by atoms with Gasteiger partial charge in [0.05, 0.1) is 6.54 Å². The normalized spacial score (nSPS) is 10.8. The van der Waals surface area contributed by atoms with E-state index in [1.165, 1.54) is 6.07 Å². The lowest BCUT2D eigenvalue weighted by atomic mass is 10.2. The Bertz CT molecular complexity index is 488. The number of rotatable bonds is 4. The van der Waals surface area contributed by atoms with Crippen molar-refractivity contribution in [3.05, 3.63) is 58.6 Å². The van der Waals surface area contributed by atoms with Gasteiger partial charge in [-0.2, -0.15) is 0 Å². The molecule has 0 aliphatic heterocycles. The number of nitrogens with zero attached hydrogens (tertiary/aromatic N) is 1. The first kappa shape index (κ1) is 12.1. The van der Waals surface area contributed by atoms with Crippen molar-refractivity contribution in [2.45, 2.75) is 13.0 Å². The molecule has 0 fully saturated rings. The summed E-state index contributed by atoms with van der Waals surface area (Å²) < 4.78 is 15.5. The van der Waals surface area contributed by atoms with Crippen molar-refractivity contribution in [2.24, 2.45) is 5.73 Å². The summed E-state index contributed by atoms with van der Waals surface area (Å²) in [5, 5.41) is 0.457. The lowest BCUT2D eigenvalue weighted by Gasteiger charge is -2.06. The van der Waals surface area contributed by atoms with Crippen LogP contribution in [0.4, 0.5) is 4.39 Å². The molecule has 0 amide bonds. The van der Waals surface area contributed by atoms with E-state index in [-0.39, 0.29) is 5.82 Å². The van der Waals surface area contributed by atoms with Gasteiger partial charge in [0.15, 0.2) is 0 Å². The van der Waals surface area contributed by atoms with Gasteiger partial charge in [-0.05, 0) is 36.7 Å². The number of benzene rings is 1. The third kappa shape index (κ3) is 2.87. The summed E-state index contributed by atoms with van der Waals surface area (Å²) in [6.45, 7) is 1.06. The highest BCUT2D eigenvalue weighted by Gasteiger charge is 2.07. The van der Waals surface area contributed by atoms with Gasteiger partial charge in [0.2, 0.25) is 0 Å². The van der Waals surface area contributed by atoms with Gasteiger partial charge in [0.1, 0.15) is 5.82 Å². The molecular weight excluding hydrogens is 239 g/mol. The molecule has 0 atom stereocenters. The summed E-state index contributed by atoms with van der Waals surface area (Å²) in [6.07, 6.45) is 4.71. The molecular formula is C13H14ClFN2. The van der Waals surface area contributed by atoms with Crippen LogP contribution in [0, 0.1) is 5.82 Å². The number of hydrogen-bond donors (Lipinski definition) is 1. The first-order valence-corrected chi connectivity index (χ1v) is 5.86. The van der Waals surface area contributed by atoms with Gasteiger partial charge in [0.25, 0.3) is 0 Å². The van der Waals surface area contributed by atoms with E-state index in [9.17, 15) is 4.39 Å². The van der Waals surface area contributed by atoms with Gasteiger partial charge in [-0.3, -0.25) is 0 Å². The molecule has 0 saturated heterocycles. The Morgan fingerprint density at radius 2 is 2.12 bits per heavy atom. The van der Waals surface area contributed by atoms with Crippen molar-refractivity contribution in [2.75, 3.05) is 6.54 Å². The third-order valence-electron chi connectivity index (χ3n) is 2.65. The Morgan fingerprint density at radius 3 is 2.82 bits per heavy atom. The van der Waals surface area contributed by atoms with Crippen LogP contribution in [0.15, 0.2) is 36.7 Å². The molecule has 1 aromatic carbocycles. The van der Waals surface area contributed by atoms with E-state index in [1.54, 1.807) is 12.1 Å². The van der Waals surface area contributed by atoms with Gasteiger partial charge in [-0.15, -0.1) is 0 Å². The maximum absolute atomic E-state index is 13.6. The largest absolute Gasteiger partial charge is 0.349 e. The molecule has 2 nitrogen and oxygen atoms in total. The van der Waals surface area contributed by atoms with Gasteiger partial charge in [0, 0.05) is 23.0 Å². The fourth-order valence-corrected chi connectivity index (χ4v) is 1.99. The SMILES string of the molecule is NCCc1ccn(Cc2c(F)cccc2Cl)c1. The molecule has 0 aliphatic carbocycles. The molecule has 0 spiro atoms. The molecule has 2 N–H and O–H groups in total. The first-order chi connectivity index (χ1) is 8.20. The van der Waals surface area contributed by atoms with E-state index in [1.807, 2.05) is 23.0 Å². The predicted molar refractivity (Wildman–Crippen MR) is 67.7 cm³/mol. The van der Waals surface area contributed by atoms with Crippen LogP contribution in [-0.2, 0) is 13.0 Å². The third-order valence-corrected chi connectivity index (χ3v) is 3.00. The maximum Gasteiger partial charge on any atom is 0.129 e. The molecule has 0 aliphatic rings. The van der Waals surface area contributed by atoms with Crippen molar-refractivity contribution in [3.8, 4) is 0 Å². The summed E-state index contributed by atoms with van der Waals surface area (Å²) in [5.41, 5.74) is 7.15. The van der Waals surface area contributed by atoms with Crippen LogP contribution in [0.1, 0.15) is 11.1 Å². The number of halogens is 2. The van der Waals surface area contributed by atoms with Gasteiger partial charge in [-0.1, -0.05) is 17.7 Å². The van der Waals surface area contributed by atoms with Crippen LogP contribution in [0.25, 0.3) is 0 Å². The monoisotopic (exact) mass is 252 g/mol. The topological polar surface area (TPSA) is 30.9 Å². The van der Waals surface area contributed by atoms with E-state index in [2.05, 4.69) is 0 Å². The quantitative estimate of drug-likeness (QED) is 0.891. The van der Waals surface area contributed by atoms with Crippen molar-refractivity contribution < 1.29 is 4.39 Å². The molecule has 1 aromatic heterocycles. The highest BCUT2D eigenvalue weighted by Crippen LogP contribution is 2.20. The van der Waals surface area contributed by atoms with Crippen LogP contribution in [0.5, 0.6) is 0 Å². The van der Waals surface area contributed by atoms with Crippen LogP contribution in [0.3, 0.4) is 0 Å². The molecule has 0 radical (unpaired) electrons. The molecule has 0 saturated carbocycles. The highest BCUT2D eigenvalue weighted by molar-refractivity contribution is 6.31. The van der Waals surface area contributed by atoms with E-state index < -0.39 is 0 Å². The van der Waals surface area contributed by atoms with E-state index in [4.69, 9.17) is 17.3 Å². The standard InChI is InChI=1S/C13H14ClFN2/c14-12-2-1-3-13(15)11(12)9-17-7-5-10(8-17)4-6-16/h1-3,5,7-8H,4,6,9,16H2. The molecule has 2 aromatic rings. The van der Waals surface area contributed by atoms with Crippen molar-refractivity contribution in [1.29, 1.82) is 0 Å². The highest BCUT2D eigenvalue weighted by atomic mass is 35.5. The Hall–Kier alpha value is -1.32. The summed E-state index contributed by atoms with van der Waals surface area (Å²) in [5.74, 6) is -0.272. The second-order valence-corrected chi connectivity index (χ2v) is 4.34. The zero-order valence-electron chi connectivity index (χ0n) is 9.37. The minimum Gasteiger partial charge on any atom is -0.349 e. The Morgan fingerprint density at radius 1 is 1.29 bits per heavy atom. The summed E-state index contributed by atoms with van der Waals surface area (Å²) in [7, 11) is 0. The second-order valence-electron chi connectivity index (χ2n) is 3.93. The fraction of sp³-hybridized carbons (Fsp3) is 0.231. The van der Waals surface area contributed by atoms with E-state index in [0.29, 0.717) is 23.7 Å². The number of aromatic nitrogens is 1. The smallest absolute Gasteiger partial charge is 0.129 e. The average molecular weight is 253 g/mol. The zero-order chi connectivity index (χ0) is 12.3. The van der Waals surface area contributed by atoms with Gasteiger partial charge < -0.3 is 10.3 Å². The number of nitrogens with two attached hydrogens (primary N) is 1. The minimum absolute atomic E-state index is 0.272. The molecule has 90 valence electrons. The van der Waals surface area contributed by atoms with E-state index >= 15 is 0 Å². The van der Waals surface area contributed by atoms with Crippen molar-refractivity contribution in [3.63, 3.8) is 0 Å². The Balaban J connectivity index is 2.19. The van der Waals surface area contributed by atoms with Crippen LogP contribution in [0.2, 0.25) is 5.02 Å². The molecule has 4 heteroatoms. The summed E-state index contributed by atoms with van der Waals surface area (Å²) in [4.78, 5) is 0. The molecule has 17 heavy (non-hydrogen) atoms. The zero-order valence-corrected chi connectivity index (χ0v) is 10.1. The lowest BCUT2D eigenvalue weighted by molar-refractivity contribution is 0.600. The van der Waals surface area contributed by atoms with Gasteiger partial charge >= 0.3 is 0 Å². The first-order valence-electron chi connectivity index (χ1n) is 5.48. The summed E-state index contributed by atoms with van der Waals surface area (Å²) >= 11 is 5.97. The molecule has 1 heterocycles. The Labute approximate surface area is 105 Å². The van der Waals surface area contributed by atoms with Crippen LogP contribution in [-0.4, -0.2) is 11.1 Å².